The molecule has 2 rings (SSSR count). The van der Waals surface area contributed by atoms with Crippen LogP contribution in [0.15, 0.2) is 22.9 Å². The highest BCUT2D eigenvalue weighted by atomic mass is 79.9. The molecule has 0 unspecified atom stereocenters. The van der Waals surface area contributed by atoms with E-state index in [0.29, 0.717) is 0 Å². The fourth-order valence-corrected chi connectivity index (χ4v) is 1.83. The highest BCUT2D eigenvalue weighted by Crippen LogP contribution is 2.15. The van der Waals surface area contributed by atoms with Crippen LogP contribution in [0.4, 0.5) is 0 Å². The third kappa shape index (κ3) is 2.35. The number of hydrogen-bond donors (Lipinski definition) is 1. The lowest BCUT2D eigenvalue weighted by molar-refractivity contribution is 0.730. The van der Waals surface area contributed by atoms with E-state index in [1.165, 1.54) is 0 Å². The number of nitrogens with zero attached hydrogens (tertiary/aromatic N) is 3. The van der Waals surface area contributed by atoms with Crippen molar-refractivity contribution in [2.45, 2.75) is 19.3 Å². The van der Waals surface area contributed by atoms with Crippen molar-refractivity contribution in [3.05, 3.63) is 28.6 Å². The van der Waals surface area contributed by atoms with Gasteiger partial charge in [0.1, 0.15) is 0 Å². The number of fused-ring (bicyclic) bond motifs is 1. The van der Waals surface area contributed by atoms with Gasteiger partial charge in [0.05, 0.1) is 10.7 Å². The van der Waals surface area contributed by atoms with Gasteiger partial charge in [0.15, 0.2) is 5.65 Å². The van der Waals surface area contributed by atoms with Crippen molar-refractivity contribution in [2.24, 2.45) is 5.73 Å². The van der Waals surface area contributed by atoms with Crippen LogP contribution in [0, 0.1) is 0 Å². The third-order valence-electron chi connectivity index (χ3n) is 2.27. The lowest BCUT2D eigenvalue weighted by atomic mass is 10.2. The molecule has 0 saturated heterocycles. The zero-order chi connectivity index (χ0) is 10.7. The molecule has 0 spiro atoms. The molecule has 0 aliphatic heterocycles. The van der Waals surface area contributed by atoms with E-state index in [1.807, 2.05) is 12.3 Å². The molecular weight excluding hydrogens is 256 g/mol. The van der Waals surface area contributed by atoms with Gasteiger partial charge in [0.25, 0.3) is 0 Å². The molecule has 2 N–H and O–H groups in total. The average molecular weight is 269 g/mol. The van der Waals surface area contributed by atoms with Gasteiger partial charge in [0, 0.05) is 11.9 Å². The predicted octanol–water partition coefficient (Wildman–Crippen LogP) is 1.77. The summed E-state index contributed by atoms with van der Waals surface area (Å²) in [5.41, 5.74) is 7.42. The highest BCUT2D eigenvalue weighted by molar-refractivity contribution is 9.10. The van der Waals surface area contributed by atoms with Crippen LogP contribution >= 0.6 is 15.9 Å². The van der Waals surface area contributed by atoms with Crippen LogP contribution in [0.3, 0.4) is 0 Å². The second kappa shape index (κ2) is 4.72. The predicted molar refractivity (Wildman–Crippen MR) is 62.7 cm³/mol. The summed E-state index contributed by atoms with van der Waals surface area (Å²) in [6, 6.07) is 2.00. The molecule has 4 nitrogen and oxygen atoms in total. The van der Waals surface area contributed by atoms with Gasteiger partial charge in [-0.15, -0.1) is 0 Å². The van der Waals surface area contributed by atoms with Crippen LogP contribution in [0.1, 0.15) is 18.5 Å². The van der Waals surface area contributed by atoms with Crippen LogP contribution in [0.25, 0.3) is 5.65 Å². The van der Waals surface area contributed by atoms with Crippen LogP contribution in [-0.2, 0) is 6.42 Å². The van der Waals surface area contributed by atoms with E-state index in [1.54, 1.807) is 10.7 Å². The summed E-state index contributed by atoms with van der Waals surface area (Å²) in [5.74, 6) is 0. The number of hydrogen-bond acceptors (Lipinski definition) is 3. The average Bonchev–Trinajstić information content (AvgIpc) is 2.61. The van der Waals surface area contributed by atoms with E-state index in [-0.39, 0.29) is 0 Å². The Kier molecular flexibility index (Phi) is 3.33. The molecule has 0 radical (unpaired) electrons. The van der Waals surface area contributed by atoms with E-state index in [2.05, 4.69) is 26.0 Å². The van der Waals surface area contributed by atoms with E-state index >= 15 is 0 Å². The highest BCUT2D eigenvalue weighted by Gasteiger charge is 2.03. The molecule has 0 atom stereocenters. The summed E-state index contributed by atoms with van der Waals surface area (Å²) in [7, 11) is 0. The van der Waals surface area contributed by atoms with Gasteiger partial charge >= 0.3 is 0 Å². The van der Waals surface area contributed by atoms with Gasteiger partial charge < -0.3 is 5.73 Å². The number of nitrogens with two attached hydrogens (primary N) is 1. The van der Waals surface area contributed by atoms with E-state index in [0.717, 1.165) is 41.6 Å². The molecule has 2 heterocycles. The maximum absolute atomic E-state index is 5.45. The van der Waals surface area contributed by atoms with Crippen molar-refractivity contribution in [3.8, 4) is 0 Å². The van der Waals surface area contributed by atoms with Crippen LogP contribution in [0.5, 0.6) is 0 Å². The Bertz CT molecular complexity index is 452. The molecule has 0 amide bonds. The number of aromatic nitrogens is 3. The molecule has 80 valence electrons. The Morgan fingerprint density at radius 1 is 1.40 bits per heavy atom. The van der Waals surface area contributed by atoms with E-state index in [4.69, 9.17) is 5.73 Å². The Labute approximate surface area is 96.6 Å². The molecule has 0 saturated carbocycles. The van der Waals surface area contributed by atoms with Crippen LogP contribution in [-0.4, -0.2) is 21.1 Å². The summed E-state index contributed by atoms with van der Waals surface area (Å²) in [4.78, 5) is 4.52. The maximum atomic E-state index is 5.45. The van der Waals surface area contributed by atoms with Crippen molar-refractivity contribution >= 4 is 21.6 Å². The molecule has 0 aliphatic rings. The molecule has 0 aromatic carbocycles. The lowest BCUT2D eigenvalue weighted by Crippen LogP contribution is -2.00. The second-order valence-corrected chi connectivity index (χ2v) is 4.28. The fourth-order valence-electron chi connectivity index (χ4n) is 1.47. The van der Waals surface area contributed by atoms with Gasteiger partial charge in [-0.1, -0.05) is 0 Å². The smallest absolute Gasteiger partial charge is 0.169 e. The minimum absolute atomic E-state index is 0.749. The van der Waals surface area contributed by atoms with Crippen molar-refractivity contribution < 1.29 is 0 Å². The van der Waals surface area contributed by atoms with Crippen molar-refractivity contribution in [1.82, 2.24) is 14.6 Å². The van der Waals surface area contributed by atoms with Gasteiger partial charge in [-0.05, 0) is 47.8 Å². The molecule has 0 bridgehead atoms. The molecule has 0 fully saturated rings. The standard InChI is InChI=1S/C10H13BrN4/c11-9-7-13-15-6-4-8(14-10(9)15)3-1-2-5-12/h4,6-7H,1-3,5,12H2. The Morgan fingerprint density at radius 3 is 3.07 bits per heavy atom. The van der Waals surface area contributed by atoms with Gasteiger partial charge in [-0.2, -0.15) is 5.10 Å². The van der Waals surface area contributed by atoms with Crippen molar-refractivity contribution in [3.63, 3.8) is 0 Å². The number of aryl methyl sites for hydroxylation is 1. The summed E-state index contributed by atoms with van der Waals surface area (Å²) >= 11 is 3.42. The van der Waals surface area contributed by atoms with E-state index in [9.17, 15) is 0 Å². The van der Waals surface area contributed by atoms with Gasteiger partial charge in [0.2, 0.25) is 0 Å². The summed E-state index contributed by atoms with van der Waals surface area (Å²) in [5, 5.41) is 4.14. The number of unbranched alkanes of at least 4 members (excludes halogenated alkanes) is 1. The Hall–Kier alpha value is -0.940. The first-order valence-corrected chi connectivity index (χ1v) is 5.79. The van der Waals surface area contributed by atoms with Crippen LogP contribution in [0.2, 0.25) is 0 Å². The molecule has 2 aromatic rings. The third-order valence-corrected chi connectivity index (χ3v) is 2.83. The first kappa shape index (κ1) is 10.6. The molecule has 15 heavy (non-hydrogen) atoms. The number of halogens is 1. The number of rotatable bonds is 4. The minimum atomic E-state index is 0.749. The van der Waals surface area contributed by atoms with Crippen LogP contribution < -0.4 is 5.73 Å². The van der Waals surface area contributed by atoms with Gasteiger partial charge in [-0.3, -0.25) is 0 Å². The maximum Gasteiger partial charge on any atom is 0.169 e. The largest absolute Gasteiger partial charge is 0.330 e. The quantitative estimate of drug-likeness (QED) is 0.861. The zero-order valence-corrected chi connectivity index (χ0v) is 9.94. The topological polar surface area (TPSA) is 56.2 Å². The molecule has 0 aliphatic carbocycles. The minimum Gasteiger partial charge on any atom is -0.330 e. The van der Waals surface area contributed by atoms with Crippen molar-refractivity contribution in [1.29, 1.82) is 0 Å². The normalized spacial score (nSPS) is 11.1. The van der Waals surface area contributed by atoms with Crippen molar-refractivity contribution in [2.75, 3.05) is 6.54 Å². The first-order chi connectivity index (χ1) is 7.31. The second-order valence-electron chi connectivity index (χ2n) is 3.43. The molecule has 2 aromatic heterocycles. The summed E-state index contributed by atoms with van der Waals surface area (Å²) < 4.78 is 2.69. The van der Waals surface area contributed by atoms with E-state index < -0.39 is 0 Å². The Balaban J connectivity index is 2.18. The fraction of sp³-hybridized carbons (Fsp3) is 0.400. The summed E-state index contributed by atoms with van der Waals surface area (Å²) in [6.45, 7) is 0.749. The SMILES string of the molecule is NCCCCc1ccn2ncc(Br)c2n1. The monoisotopic (exact) mass is 268 g/mol. The molecular formula is C10H13BrN4. The lowest BCUT2D eigenvalue weighted by Gasteiger charge is -2.00. The molecule has 5 heteroatoms. The Morgan fingerprint density at radius 2 is 2.27 bits per heavy atom. The zero-order valence-electron chi connectivity index (χ0n) is 8.36. The van der Waals surface area contributed by atoms with Gasteiger partial charge in [-0.25, -0.2) is 9.50 Å². The first-order valence-electron chi connectivity index (χ1n) is 5.00. The summed E-state index contributed by atoms with van der Waals surface area (Å²) in [6.07, 6.45) is 6.81.